The van der Waals surface area contributed by atoms with Gasteiger partial charge < -0.3 is 5.32 Å². The summed E-state index contributed by atoms with van der Waals surface area (Å²) in [6, 6.07) is 9.71. The Hall–Kier alpha value is -3.88. The van der Waals surface area contributed by atoms with E-state index in [-0.39, 0.29) is 23.8 Å². The van der Waals surface area contributed by atoms with E-state index < -0.39 is 5.82 Å². The van der Waals surface area contributed by atoms with Crippen molar-refractivity contribution in [1.29, 1.82) is 0 Å². The first-order chi connectivity index (χ1) is 16.8. The van der Waals surface area contributed by atoms with E-state index in [0.29, 0.717) is 12.2 Å². The summed E-state index contributed by atoms with van der Waals surface area (Å²) in [6.07, 6.45) is 6.36. The van der Waals surface area contributed by atoms with Crippen molar-refractivity contribution in [3.05, 3.63) is 88.6 Å². The van der Waals surface area contributed by atoms with Gasteiger partial charge in [0.1, 0.15) is 0 Å². The number of H-pyrrole nitrogens is 1. The van der Waals surface area contributed by atoms with Crippen LogP contribution in [-0.4, -0.2) is 35.9 Å². The average molecular weight is 474 g/mol. The number of nitrogens with one attached hydrogen (secondary N) is 2. The van der Waals surface area contributed by atoms with Crippen molar-refractivity contribution in [2.75, 3.05) is 0 Å². The smallest absolute Gasteiger partial charge is 0.223 e. The zero-order chi connectivity index (χ0) is 24.5. The van der Waals surface area contributed by atoms with Gasteiger partial charge in [-0.05, 0) is 69.0 Å². The number of halogens is 1. The summed E-state index contributed by atoms with van der Waals surface area (Å²) in [5.41, 5.74) is 6.12. The molecule has 5 rings (SSSR count). The van der Waals surface area contributed by atoms with E-state index in [4.69, 9.17) is 4.98 Å². The zero-order valence-electron chi connectivity index (χ0n) is 20.0. The van der Waals surface area contributed by atoms with Crippen LogP contribution in [0.1, 0.15) is 65.6 Å². The number of pyridine rings is 2. The number of aryl methyl sites for hydroxylation is 2. The Labute approximate surface area is 203 Å². The Morgan fingerprint density at radius 1 is 1.20 bits per heavy atom. The standard InChI is InChI=1S/C26H28FN7O/c1-15-6-22(11-23-8-16(2)32-33-23)31-24(7-15)19-9-20(10-19)26(35)30-17(3)18-4-5-25(28-12-18)34-14-21(27)13-29-34/h4-8,12-14,17,19-20H,9-11H2,1-3H3,(H,30,35)(H,32,33)/t17-,19?,20?/m0/s1. The molecular formula is C26H28FN7O. The number of hydrogen-bond donors (Lipinski definition) is 2. The van der Waals surface area contributed by atoms with Crippen LogP contribution in [0.2, 0.25) is 0 Å². The van der Waals surface area contributed by atoms with Crippen LogP contribution in [0.3, 0.4) is 0 Å². The van der Waals surface area contributed by atoms with Crippen molar-refractivity contribution in [3.63, 3.8) is 0 Å². The zero-order valence-corrected chi connectivity index (χ0v) is 20.0. The third-order valence-electron chi connectivity index (χ3n) is 6.51. The Balaban J connectivity index is 1.16. The van der Waals surface area contributed by atoms with Gasteiger partial charge in [-0.2, -0.15) is 10.2 Å². The topological polar surface area (TPSA) is 101 Å². The molecule has 0 radical (unpaired) electrons. The quantitative estimate of drug-likeness (QED) is 0.421. The van der Waals surface area contributed by atoms with Crippen molar-refractivity contribution in [3.8, 4) is 5.82 Å². The van der Waals surface area contributed by atoms with Crippen molar-refractivity contribution in [1.82, 2.24) is 35.3 Å². The van der Waals surface area contributed by atoms with E-state index >= 15 is 0 Å². The van der Waals surface area contributed by atoms with E-state index in [1.807, 2.05) is 26.0 Å². The summed E-state index contributed by atoms with van der Waals surface area (Å²) in [7, 11) is 0. The van der Waals surface area contributed by atoms with Crippen LogP contribution in [0.15, 0.2) is 48.9 Å². The molecular weight excluding hydrogens is 445 g/mol. The van der Waals surface area contributed by atoms with E-state index in [1.54, 1.807) is 12.3 Å². The first-order valence-electron chi connectivity index (χ1n) is 11.8. The molecule has 35 heavy (non-hydrogen) atoms. The lowest BCUT2D eigenvalue weighted by Gasteiger charge is -2.35. The highest BCUT2D eigenvalue weighted by Crippen LogP contribution is 2.41. The molecule has 1 amide bonds. The van der Waals surface area contributed by atoms with Crippen LogP contribution in [0.5, 0.6) is 0 Å². The molecule has 0 bridgehead atoms. The van der Waals surface area contributed by atoms with E-state index in [9.17, 15) is 9.18 Å². The molecule has 1 aliphatic carbocycles. The summed E-state index contributed by atoms with van der Waals surface area (Å²) in [5, 5.41) is 14.3. The minimum Gasteiger partial charge on any atom is -0.349 e. The molecule has 4 aromatic rings. The number of carbonyl (C=O) groups is 1. The van der Waals surface area contributed by atoms with E-state index in [0.717, 1.165) is 47.4 Å². The lowest BCUT2D eigenvalue weighted by Crippen LogP contribution is -2.39. The maximum absolute atomic E-state index is 13.2. The minimum atomic E-state index is -0.417. The van der Waals surface area contributed by atoms with Crippen LogP contribution < -0.4 is 5.32 Å². The van der Waals surface area contributed by atoms with E-state index in [1.165, 1.54) is 16.4 Å². The summed E-state index contributed by atoms with van der Waals surface area (Å²) in [4.78, 5) is 22.0. The second-order valence-electron chi connectivity index (χ2n) is 9.43. The van der Waals surface area contributed by atoms with Crippen molar-refractivity contribution < 1.29 is 9.18 Å². The van der Waals surface area contributed by atoms with Gasteiger partial charge in [0.25, 0.3) is 0 Å². The van der Waals surface area contributed by atoms with Gasteiger partial charge in [-0.15, -0.1) is 0 Å². The van der Waals surface area contributed by atoms with Crippen molar-refractivity contribution >= 4 is 5.91 Å². The van der Waals surface area contributed by atoms with Gasteiger partial charge in [-0.25, -0.2) is 14.1 Å². The van der Waals surface area contributed by atoms with Gasteiger partial charge in [0.15, 0.2) is 11.6 Å². The van der Waals surface area contributed by atoms with Crippen LogP contribution in [-0.2, 0) is 11.2 Å². The minimum absolute atomic E-state index is 0.0264. The molecule has 9 heteroatoms. The number of aromatic nitrogens is 6. The Morgan fingerprint density at radius 2 is 2.03 bits per heavy atom. The fraction of sp³-hybridized carbons (Fsp3) is 0.346. The lowest BCUT2D eigenvalue weighted by atomic mass is 9.72. The number of aromatic amines is 1. The molecule has 1 fully saturated rings. The lowest BCUT2D eigenvalue weighted by molar-refractivity contribution is -0.128. The third kappa shape index (κ3) is 5.13. The molecule has 2 N–H and O–H groups in total. The summed E-state index contributed by atoms with van der Waals surface area (Å²) in [5.74, 6) is 0.412. The van der Waals surface area contributed by atoms with Gasteiger partial charge in [0.05, 0.1) is 24.1 Å². The average Bonchev–Trinajstić information content (AvgIpc) is 3.40. The Morgan fingerprint density at radius 3 is 2.69 bits per heavy atom. The van der Waals surface area contributed by atoms with Crippen LogP contribution in [0, 0.1) is 25.6 Å². The predicted octanol–water partition coefficient (Wildman–Crippen LogP) is 4.10. The number of carbonyl (C=O) groups excluding carboxylic acids is 1. The maximum atomic E-state index is 13.2. The van der Waals surface area contributed by atoms with Gasteiger partial charge in [-0.3, -0.25) is 14.9 Å². The predicted molar refractivity (Wildman–Crippen MR) is 128 cm³/mol. The molecule has 0 spiro atoms. The van der Waals surface area contributed by atoms with Crippen LogP contribution in [0.25, 0.3) is 5.82 Å². The molecule has 0 aliphatic heterocycles. The Kier molecular flexibility index (Phi) is 6.15. The number of rotatable bonds is 7. The molecule has 0 unspecified atom stereocenters. The number of hydrogen-bond acceptors (Lipinski definition) is 5. The molecule has 4 heterocycles. The first-order valence-corrected chi connectivity index (χ1v) is 11.8. The van der Waals surface area contributed by atoms with E-state index in [2.05, 4.69) is 44.7 Å². The highest BCUT2D eigenvalue weighted by Gasteiger charge is 2.36. The normalized spacial score (nSPS) is 18.2. The first kappa shape index (κ1) is 22.9. The molecule has 1 saturated carbocycles. The fourth-order valence-corrected chi connectivity index (χ4v) is 4.52. The molecule has 8 nitrogen and oxygen atoms in total. The summed E-state index contributed by atoms with van der Waals surface area (Å²) < 4.78 is 14.5. The molecule has 4 aromatic heterocycles. The van der Waals surface area contributed by atoms with Crippen molar-refractivity contribution in [2.45, 2.75) is 52.0 Å². The molecule has 1 aliphatic rings. The SMILES string of the molecule is Cc1cc(Cc2cc(C)[nH]n2)nc(C2CC(C(=O)N[C@@H](C)c3ccc(-n4cc(F)cn4)nc3)C2)c1. The molecule has 180 valence electrons. The monoisotopic (exact) mass is 473 g/mol. The highest BCUT2D eigenvalue weighted by atomic mass is 19.1. The number of amides is 1. The second kappa shape index (κ2) is 9.40. The maximum Gasteiger partial charge on any atom is 0.223 e. The summed E-state index contributed by atoms with van der Waals surface area (Å²) in [6.45, 7) is 6.00. The highest BCUT2D eigenvalue weighted by molar-refractivity contribution is 5.80. The molecule has 1 atom stereocenters. The van der Waals surface area contributed by atoms with Crippen LogP contribution >= 0.6 is 0 Å². The van der Waals surface area contributed by atoms with Gasteiger partial charge >= 0.3 is 0 Å². The second-order valence-corrected chi connectivity index (χ2v) is 9.43. The third-order valence-corrected chi connectivity index (χ3v) is 6.51. The van der Waals surface area contributed by atoms with Gasteiger partial charge in [0, 0.05) is 41.5 Å². The molecule has 0 aromatic carbocycles. The fourth-order valence-electron chi connectivity index (χ4n) is 4.52. The van der Waals surface area contributed by atoms with Gasteiger partial charge in [0.2, 0.25) is 5.91 Å². The van der Waals surface area contributed by atoms with Crippen LogP contribution in [0.4, 0.5) is 4.39 Å². The van der Waals surface area contributed by atoms with Crippen molar-refractivity contribution in [2.24, 2.45) is 5.92 Å². The Bertz CT molecular complexity index is 1340. The largest absolute Gasteiger partial charge is 0.349 e. The molecule has 0 saturated heterocycles. The number of nitrogens with zero attached hydrogens (tertiary/aromatic N) is 5. The van der Waals surface area contributed by atoms with Gasteiger partial charge in [-0.1, -0.05) is 6.07 Å². The summed E-state index contributed by atoms with van der Waals surface area (Å²) >= 11 is 0.